The lowest BCUT2D eigenvalue weighted by Crippen LogP contribution is -2.51. The van der Waals surface area contributed by atoms with Crippen molar-refractivity contribution in [2.24, 2.45) is 5.92 Å². The maximum atomic E-state index is 9.34. The number of rotatable bonds is 4. The molecular formula is C19H25N3O. The SMILES string of the molecule is OC1CN(CCC2CCN(c3ccc4ccccc4n3)CC2)C1. The molecule has 0 unspecified atom stereocenters. The summed E-state index contributed by atoms with van der Waals surface area (Å²) in [4.78, 5) is 9.61. The van der Waals surface area contributed by atoms with Crippen LogP contribution in [0.3, 0.4) is 0 Å². The highest BCUT2D eigenvalue weighted by Crippen LogP contribution is 2.26. The molecule has 1 aromatic carbocycles. The topological polar surface area (TPSA) is 39.6 Å². The molecule has 0 atom stereocenters. The van der Waals surface area contributed by atoms with E-state index < -0.39 is 0 Å². The van der Waals surface area contributed by atoms with Gasteiger partial charge in [0.25, 0.3) is 0 Å². The third-order valence-corrected chi connectivity index (χ3v) is 5.31. The van der Waals surface area contributed by atoms with Crippen LogP contribution < -0.4 is 4.90 Å². The monoisotopic (exact) mass is 311 g/mol. The van der Waals surface area contributed by atoms with E-state index in [2.05, 4.69) is 46.2 Å². The van der Waals surface area contributed by atoms with Gasteiger partial charge >= 0.3 is 0 Å². The number of aromatic nitrogens is 1. The van der Waals surface area contributed by atoms with Crippen LogP contribution in [0.1, 0.15) is 19.3 Å². The molecule has 0 spiro atoms. The summed E-state index contributed by atoms with van der Waals surface area (Å²) in [5.41, 5.74) is 1.09. The maximum absolute atomic E-state index is 9.34. The van der Waals surface area contributed by atoms with Crippen molar-refractivity contribution in [2.75, 3.05) is 37.6 Å². The Kier molecular flexibility index (Phi) is 4.19. The van der Waals surface area contributed by atoms with Gasteiger partial charge in [0.05, 0.1) is 11.6 Å². The molecule has 122 valence electrons. The fraction of sp³-hybridized carbons (Fsp3) is 0.526. The molecule has 4 rings (SSSR count). The molecule has 2 aliphatic heterocycles. The number of nitrogens with zero attached hydrogens (tertiary/aromatic N) is 3. The summed E-state index contributed by atoms with van der Waals surface area (Å²) in [6, 6.07) is 12.7. The second kappa shape index (κ2) is 6.46. The highest BCUT2D eigenvalue weighted by atomic mass is 16.3. The van der Waals surface area contributed by atoms with Gasteiger partial charge in [0.2, 0.25) is 0 Å². The van der Waals surface area contributed by atoms with Gasteiger partial charge in [-0.25, -0.2) is 4.98 Å². The molecule has 2 aliphatic rings. The largest absolute Gasteiger partial charge is 0.390 e. The van der Waals surface area contributed by atoms with Crippen LogP contribution in [0.15, 0.2) is 36.4 Å². The van der Waals surface area contributed by atoms with Crippen LogP contribution in [-0.2, 0) is 0 Å². The van der Waals surface area contributed by atoms with E-state index in [4.69, 9.17) is 4.98 Å². The van der Waals surface area contributed by atoms with Crippen molar-refractivity contribution in [3.05, 3.63) is 36.4 Å². The van der Waals surface area contributed by atoms with Crippen molar-refractivity contribution in [3.8, 4) is 0 Å². The second-order valence-corrected chi connectivity index (χ2v) is 6.99. The van der Waals surface area contributed by atoms with Gasteiger partial charge in [-0.1, -0.05) is 18.2 Å². The quantitative estimate of drug-likeness (QED) is 0.942. The Hall–Kier alpha value is -1.65. The van der Waals surface area contributed by atoms with E-state index in [9.17, 15) is 5.11 Å². The lowest BCUT2D eigenvalue weighted by Gasteiger charge is -2.38. The van der Waals surface area contributed by atoms with E-state index in [0.717, 1.165) is 50.0 Å². The van der Waals surface area contributed by atoms with E-state index in [1.54, 1.807) is 0 Å². The Balaban J connectivity index is 1.31. The van der Waals surface area contributed by atoms with E-state index in [1.807, 2.05) is 0 Å². The molecular weight excluding hydrogens is 286 g/mol. The standard InChI is InChI=1S/C19H25N3O/c23-17-13-21(14-17)10-7-15-8-11-22(12-9-15)19-6-5-16-3-1-2-4-18(16)20-19/h1-6,15,17,23H,7-14H2. The fourth-order valence-electron chi connectivity index (χ4n) is 3.77. The van der Waals surface area contributed by atoms with Crippen molar-refractivity contribution < 1.29 is 5.11 Å². The Morgan fingerprint density at radius 1 is 1.04 bits per heavy atom. The molecule has 3 heterocycles. The number of likely N-dealkylation sites (tertiary alicyclic amines) is 1. The number of aliphatic hydroxyl groups is 1. The highest BCUT2D eigenvalue weighted by Gasteiger charge is 2.26. The minimum absolute atomic E-state index is 0.0733. The number of β-amino-alcohol motifs (C(OH)–C–C–N with tert-alkyl or cyclic N) is 1. The normalized spacial score (nSPS) is 20.8. The number of piperidine rings is 1. The third kappa shape index (κ3) is 3.33. The van der Waals surface area contributed by atoms with Gasteiger partial charge in [-0.3, -0.25) is 4.90 Å². The van der Waals surface area contributed by atoms with Crippen molar-refractivity contribution in [3.63, 3.8) is 0 Å². The van der Waals surface area contributed by atoms with Crippen LogP contribution in [0.2, 0.25) is 0 Å². The average Bonchev–Trinajstić information content (AvgIpc) is 2.58. The Morgan fingerprint density at radius 3 is 2.61 bits per heavy atom. The summed E-state index contributed by atoms with van der Waals surface area (Å²) in [5.74, 6) is 1.94. The zero-order chi connectivity index (χ0) is 15.6. The van der Waals surface area contributed by atoms with Crippen LogP contribution in [0, 0.1) is 5.92 Å². The lowest BCUT2D eigenvalue weighted by atomic mass is 9.92. The van der Waals surface area contributed by atoms with E-state index in [-0.39, 0.29) is 6.10 Å². The summed E-state index contributed by atoms with van der Waals surface area (Å²) in [6.07, 6.45) is 3.71. The Morgan fingerprint density at radius 2 is 1.83 bits per heavy atom. The van der Waals surface area contributed by atoms with E-state index in [0.29, 0.717) is 0 Å². The first-order chi connectivity index (χ1) is 11.3. The number of pyridine rings is 1. The van der Waals surface area contributed by atoms with Gasteiger partial charge in [0.1, 0.15) is 5.82 Å². The molecule has 1 N–H and O–H groups in total. The maximum Gasteiger partial charge on any atom is 0.129 e. The van der Waals surface area contributed by atoms with E-state index in [1.165, 1.54) is 24.6 Å². The van der Waals surface area contributed by atoms with Crippen LogP contribution >= 0.6 is 0 Å². The van der Waals surface area contributed by atoms with Crippen molar-refractivity contribution in [2.45, 2.75) is 25.4 Å². The van der Waals surface area contributed by atoms with Crippen molar-refractivity contribution >= 4 is 16.7 Å². The number of anilines is 1. The summed E-state index contributed by atoms with van der Waals surface area (Å²) in [7, 11) is 0. The van der Waals surface area contributed by atoms with Crippen LogP contribution in [0.4, 0.5) is 5.82 Å². The summed E-state index contributed by atoms with van der Waals surface area (Å²) in [6.45, 7) is 5.12. The zero-order valence-electron chi connectivity index (χ0n) is 13.6. The molecule has 0 radical (unpaired) electrons. The van der Waals surface area contributed by atoms with Gasteiger partial charge in [-0.2, -0.15) is 0 Å². The van der Waals surface area contributed by atoms with Gasteiger partial charge < -0.3 is 10.0 Å². The Labute approximate surface area is 137 Å². The predicted octanol–water partition coefficient (Wildman–Crippen LogP) is 2.52. The Bertz CT molecular complexity index is 660. The van der Waals surface area contributed by atoms with Crippen molar-refractivity contribution in [1.82, 2.24) is 9.88 Å². The van der Waals surface area contributed by atoms with Crippen LogP contribution in [-0.4, -0.2) is 53.8 Å². The first-order valence-corrected chi connectivity index (χ1v) is 8.79. The summed E-state index contributed by atoms with van der Waals surface area (Å²) in [5, 5.41) is 10.5. The van der Waals surface area contributed by atoms with E-state index >= 15 is 0 Å². The lowest BCUT2D eigenvalue weighted by molar-refractivity contribution is -0.00111. The molecule has 0 aliphatic carbocycles. The second-order valence-electron chi connectivity index (χ2n) is 6.99. The smallest absolute Gasteiger partial charge is 0.129 e. The van der Waals surface area contributed by atoms with Gasteiger partial charge in [-0.05, 0) is 49.9 Å². The number of para-hydroxylation sites is 1. The molecule has 4 heteroatoms. The van der Waals surface area contributed by atoms with Gasteiger partial charge in [0, 0.05) is 31.6 Å². The molecule has 0 saturated carbocycles. The first kappa shape index (κ1) is 14.9. The molecule has 2 aromatic rings. The minimum atomic E-state index is -0.0733. The average molecular weight is 311 g/mol. The molecule has 4 nitrogen and oxygen atoms in total. The van der Waals surface area contributed by atoms with Crippen LogP contribution in [0.25, 0.3) is 10.9 Å². The minimum Gasteiger partial charge on any atom is -0.390 e. The molecule has 1 aromatic heterocycles. The molecule has 23 heavy (non-hydrogen) atoms. The molecule has 0 bridgehead atoms. The highest BCUT2D eigenvalue weighted by molar-refractivity contribution is 5.80. The number of hydrogen-bond donors (Lipinski definition) is 1. The number of benzene rings is 1. The van der Waals surface area contributed by atoms with Gasteiger partial charge in [0.15, 0.2) is 0 Å². The third-order valence-electron chi connectivity index (χ3n) is 5.31. The fourth-order valence-corrected chi connectivity index (χ4v) is 3.77. The molecule has 0 amide bonds. The zero-order valence-corrected chi connectivity index (χ0v) is 13.6. The number of fused-ring (bicyclic) bond motifs is 1. The van der Waals surface area contributed by atoms with Crippen LogP contribution in [0.5, 0.6) is 0 Å². The molecule has 2 saturated heterocycles. The predicted molar refractivity (Wildman–Crippen MR) is 93.7 cm³/mol. The molecule has 2 fully saturated rings. The summed E-state index contributed by atoms with van der Waals surface area (Å²) >= 11 is 0. The number of aliphatic hydroxyl groups excluding tert-OH is 1. The summed E-state index contributed by atoms with van der Waals surface area (Å²) < 4.78 is 0. The number of hydrogen-bond acceptors (Lipinski definition) is 4. The van der Waals surface area contributed by atoms with Crippen molar-refractivity contribution in [1.29, 1.82) is 0 Å². The van der Waals surface area contributed by atoms with Gasteiger partial charge in [-0.15, -0.1) is 0 Å². The first-order valence-electron chi connectivity index (χ1n) is 8.79.